The van der Waals surface area contributed by atoms with Crippen molar-refractivity contribution in [2.24, 2.45) is 12.8 Å². The number of anilines is 1. The van der Waals surface area contributed by atoms with Crippen LogP contribution in [0.1, 0.15) is 39.1 Å². The number of para-hydroxylation sites is 1. The maximum absolute atomic E-state index is 13.1. The highest BCUT2D eigenvalue weighted by atomic mass is 32.1. The minimum atomic E-state index is -0.327. The molecule has 0 aliphatic heterocycles. The fourth-order valence-corrected chi connectivity index (χ4v) is 3.80. The molecule has 0 saturated heterocycles. The van der Waals surface area contributed by atoms with Crippen LogP contribution in [-0.2, 0) is 13.6 Å². The molecular formula is C18H19N5O2S. The van der Waals surface area contributed by atoms with E-state index >= 15 is 0 Å². The van der Waals surface area contributed by atoms with Gasteiger partial charge in [0.25, 0.3) is 11.5 Å². The Labute approximate surface area is 154 Å². The third-order valence-corrected chi connectivity index (χ3v) is 5.48. The average molecular weight is 369 g/mol. The van der Waals surface area contributed by atoms with Crippen LogP contribution in [0.3, 0.4) is 0 Å². The van der Waals surface area contributed by atoms with E-state index in [-0.39, 0.29) is 18.0 Å². The van der Waals surface area contributed by atoms with Gasteiger partial charge in [0, 0.05) is 19.5 Å². The average Bonchev–Trinajstić information content (AvgIpc) is 3.30. The van der Waals surface area contributed by atoms with Crippen LogP contribution in [0.15, 0.2) is 41.3 Å². The zero-order valence-electron chi connectivity index (χ0n) is 14.3. The quantitative estimate of drug-likeness (QED) is 0.721. The van der Waals surface area contributed by atoms with E-state index in [9.17, 15) is 9.59 Å². The first-order valence-electron chi connectivity index (χ1n) is 8.43. The molecule has 0 spiro atoms. The van der Waals surface area contributed by atoms with Gasteiger partial charge in [0.2, 0.25) is 0 Å². The Kier molecular flexibility index (Phi) is 4.21. The Balaban J connectivity index is 1.76. The van der Waals surface area contributed by atoms with Gasteiger partial charge in [-0.3, -0.25) is 14.3 Å². The van der Waals surface area contributed by atoms with E-state index in [1.54, 1.807) is 4.68 Å². The fourth-order valence-electron chi connectivity index (χ4n) is 3.11. The summed E-state index contributed by atoms with van der Waals surface area (Å²) in [6.45, 7) is 0.289. The number of rotatable bonds is 5. The van der Waals surface area contributed by atoms with Crippen LogP contribution >= 0.6 is 11.3 Å². The molecule has 4 rings (SSSR count). The lowest BCUT2D eigenvalue weighted by molar-refractivity contribution is 0.103. The van der Waals surface area contributed by atoms with E-state index in [4.69, 9.17) is 5.73 Å². The Morgan fingerprint density at radius 2 is 2.08 bits per heavy atom. The third-order valence-electron chi connectivity index (χ3n) is 4.47. The molecule has 1 fully saturated rings. The predicted molar refractivity (Wildman–Crippen MR) is 101 cm³/mol. The molecule has 1 saturated carbocycles. The zero-order chi connectivity index (χ0) is 18.3. The minimum absolute atomic E-state index is 0.225. The number of carbonyl (C=O) groups is 1. The van der Waals surface area contributed by atoms with Gasteiger partial charge in [-0.05, 0) is 25.0 Å². The van der Waals surface area contributed by atoms with E-state index in [0.717, 1.165) is 24.2 Å². The number of carbonyl (C=O) groups excluding carboxylic acids is 1. The lowest BCUT2D eigenvalue weighted by atomic mass is 10.2. The van der Waals surface area contributed by atoms with Crippen molar-refractivity contribution in [2.45, 2.75) is 25.3 Å². The van der Waals surface area contributed by atoms with Gasteiger partial charge >= 0.3 is 0 Å². The molecule has 7 nitrogen and oxygen atoms in total. The molecule has 2 aromatic heterocycles. The summed E-state index contributed by atoms with van der Waals surface area (Å²) in [4.78, 5) is 30.2. The molecule has 3 aromatic rings. The van der Waals surface area contributed by atoms with Crippen molar-refractivity contribution in [1.29, 1.82) is 0 Å². The van der Waals surface area contributed by atoms with Crippen molar-refractivity contribution in [3.63, 3.8) is 0 Å². The first kappa shape index (κ1) is 16.7. The number of amides is 1. The Hall–Kier alpha value is -2.71. The Morgan fingerprint density at radius 3 is 2.69 bits per heavy atom. The first-order chi connectivity index (χ1) is 12.6. The second kappa shape index (κ2) is 6.54. The van der Waals surface area contributed by atoms with Crippen LogP contribution in [0, 0.1) is 0 Å². The van der Waals surface area contributed by atoms with E-state index in [1.807, 2.05) is 42.1 Å². The van der Waals surface area contributed by atoms with Gasteiger partial charge in [-0.2, -0.15) is 0 Å². The molecule has 1 amide bonds. The maximum atomic E-state index is 13.1. The number of benzene rings is 1. The molecular weight excluding hydrogens is 350 g/mol. The molecule has 0 unspecified atom stereocenters. The molecule has 26 heavy (non-hydrogen) atoms. The topological polar surface area (TPSA) is 94.9 Å². The van der Waals surface area contributed by atoms with E-state index in [2.05, 4.69) is 10.3 Å². The van der Waals surface area contributed by atoms with Crippen molar-refractivity contribution in [1.82, 2.24) is 14.3 Å². The number of nitrogens with zero attached hydrogens (tertiary/aromatic N) is 3. The third kappa shape index (κ3) is 2.87. The summed E-state index contributed by atoms with van der Waals surface area (Å²) in [5.74, 6) is -0.0268. The largest absolute Gasteiger partial charge is 0.325 e. The van der Waals surface area contributed by atoms with Crippen LogP contribution in [0.2, 0.25) is 0 Å². The lowest BCUT2D eigenvalue weighted by Crippen LogP contribution is -2.22. The molecule has 0 radical (unpaired) electrons. The van der Waals surface area contributed by atoms with Crippen molar-refractivity contribution < 1.29 is 4.79 Å². The van der Waals surface area contributed by atoms with Gasteiger partial charge in [0.15, 0.2) is 0 Å². The lowest BCUT2D eigenvalue weighted by Gasteiger charge is -2.09. The van der Waals surface area contributed by atoms with Gasteiger partial charge in [-0.1, -0.05) is 18.2 Å². The number of aromatic nitrogens is 3. The summed E-state index contributed by atoms with van der Waals surface area (Å²) in [6.07, 6.45) is 3.54. The minimum Gasteiger partial charge on any atom is -0.325 e. The van der Waals surface area contributed by atoms with Crippen molar-refractivity contribution in [2.75, 3.05) is 5.32 Å². The summed E-state index contributed by atoms with van der Waals surface area (Å²) in [7, 11) is 1.86. The van der Waals surface area contributed by atoms with Crippen LogP contribution in [0.5, 0.6) is 0 Å². The molecule has 1 aromatic carbocycles. The van der Waals surface area contributed by atoms with Gasteiger partial charge in [0.1, 0.15) is 15.6 Å². The molecule has 1 aliphatic carbocycles. The summed E-state index contributed by atoms with van der Waals surface area (Å²) >= 11 is 1.24. The summed E-state index contributed by atoms with van der Waals surface area (Å²) < 4.78 is 3.45. The number of nitrogens with two attached hydrogens (primary N) is 1. The zero-order valence-corrected chi connectivity index (χ0v) is 15.1. The Bertz CT molecular complexity index is 1010. The van der Waals surface area contributed by atoms with Crippen molar-refractivity contribution in [3.8, 4) is 5.69 Å². The van der Waals surface area contributed by atoms with Crippen molar-refractivity contribution in [3.05, 3.63) is 62.5 Å². The first-order valence-corrected chi connectivity index (χ1v) is 9.25. The van der Waals surface area contributed by atoms with Crippen LogP contribution in [-0.4, -0.2) is 20.3 Å². The molecule has 134 valence electrons. The van der Waals surface area contributed by atoms with Crippen LogP contribution < -0.4 is 16.6 Å². The summed E-state index contributed by atoms with van der Waals surface area (Å²) in [5, 5.41) is 3.51. The maximum Gasteiger partial charge on any atom is 0.295 e. The number of thiazole rings is 1. The van der Waals surface area contributed by atoms with Crippen LogP contribution in [0.25, 0.3) is 5.69 Å². The van der Waals surface area contributed by atoms with E-state index in [0.29, 0.717) is 21.5 Å². The number of nitrogens with one attached hydrogen (secondary N) is 1. The molecule has 2 heterocycles. The second-order valence-corrected chi connectivity index (χ2v) is 7.40. The molecule has 3 N–H and O–H groups in total. The normalized spacial score (nSPS) is 13.8. The molecule has 0 atom stereocenters. The number of hydrogen-bond donors (Lipinski definition) is 2. The smallest absolute Gasteiger partial charge is 0.295 e. The second-order valence-electron chi connectivity index (χ2n) is 6.29. The number of hydrogen-bond acceptors (Lipinski definition) is 5. The Morgan fingerprint density at radius 1 is 1.35 bits per heavy atom. The van der Waals surface area contributed by atoms with Gasteiger partial charge in [-0.25, -0.2) is 9.67 Å². The monoisotopic (exact) mass is 369 g/mol. The van der Waals surface area contributed by atoms with E-state index < -0.39 is 0 Å². The summed E-state index contributed by atoms with van der Waals surface area (Å²) in [6, 6.07) is 9.42. The highest BCUT2D eigenvalue weighted by Crippen LogP contribution is 2.42. The van der Waals surface area contributed by atoms with Crippen molar-refractivity contribution >= 4 is 22.9 Å². The van der Waals surface area contributed by atoms with E-state index in [1.165, 1.54) is 17.5 Å². The van der Waals surface area contributed by atoms with Crippen LogP contribution in [0.4, 0.5) is 5.69 Å². The SMILES string of the molecule is Cn1c(C2CC2)c(NC(=O)c2cnc(CN)s2)c(=O)n1-c1ccccc1. The molecule has 0 bridgehead atoms. The molecule has 8 heteroatoms. The van der Waals surface area contributed by atoms with Gasteiger partial charge < -0.3 is 11.1 Å². The fraction of sp³-hybridized carbons (Fsp3) is 0.278. The molecule has 1 aliphatic rings. The highest BCUT2D eigenvalue weighted by molar-refractivity contribution is 7.13. The highest BCUT2D eigenvalue weighted by Gasteiger charge is 2.33. The predicted octanol–water partition coefficient (Wildman–Crippen LogP) is 2.22. The van der Waals surface area contributed by atoms with Gasteiger partial charge in [0.05, 0.1) is 17.6 Å². The standard InChI is InChI=1S/C18H19N5O2S/c1-22-16(11-7-8-11)15(18(25)23(22)12-5-3-2-4-6-12)21-17(24)13-10-20-14(9-19)26-13/h2-6,10-11H,7-9,19H2,1H3,(H,21,24). The summed E-state index contributed by atoms with van der Waals surface area (Å²) in [5.41, 5.74) is 7.33. The van der Waals surface area contributed by atoms with Gasteiger partial charge in [-0.15, -0.1) is 11.3 Å².